The predicted molar refractivity (Wildman–Crippen MR) is 138 cm³/mol. The molecule has 1 aromatic heterocycles. The minimum absolute atomic E-state index is 0.317. The van der Waals surface area contributed by atoms with Gasteiger partial charge < -0.3 is 4.42 Å². The molecule has 1 heterocycles. The monoisotopic (exact) mass is 418 g/mol. The van der Waals surface area contributed by atoms with Gasteiger partial charge >= 0.3 is 0 Å². The van der Waals surface area contributed by atoms with Crippen molar-refractivity contribution in [3.8, 4) is 22.3 Å². The zero-order valence-electron chi connectivity index (χ0n) is 18.2. The third-order valence-electron chi connectivity index (χ3n) is 7.75. The van der Waals surface area contributed by atoms with Crippen LogP contribution < -0.4 is 5.46 Å². The van der Waals surface area contributed by atoms with Gasteiger partial charge in [-0.1, -0.05) is 103 Å². The topological polar surface area (TPSA) is 13.1 Å². The molecule has 8 rings (SSSR count). The van der Waals surface area contributed by atoms with Crippen LogP contribution in [0.5, 0.6) is 0 Å². The SMILES string of the molecule is Bc1ccc2oc3c4c(ccc3c2c1)C1(c2ccccc2-c2ccccc21)c1ccccc1-4. The fourth-order valence-electron chi connectivity index (χ4n) is 6.52. The molecule has 0 bridgehead atoms. The second-order valence-corrected chi connectivity index (χ2v) is 9.35. The van der Waals surface area contributed by atoms with E-state index in [-0.39, 0.29) is 5.41 Å². The van der Waals surface area contributed by atoms with Crippen LogP contribution in [0.2, 0.25) is 0 Å². The maximum atomic E-state index is 6.59. The highest BCUT2D eigenvalue weighted by Gasteiger charge is 2.52. The Balaban J connectivity index is 1.61. The summed E-state index contributed by atoms with van der Waals surface area (Å²) in [5.74, 6) is 0. The number of hydrogen-bond donors (Lipinski definition) is 0. The molecule has 0 aliphatic heterocycles. The standard InChI is InChI=1S/C31H19BO/c32-18-13-16-28-23(17-18)21-14-15-27-29(30(21)33-28)22-9-3-6-12-26(22)31(27)24-10-4-1-7-19(24)20-8-2-5-11-25(20)31/h1-17H,32H2. The molecule has 2 heteroatoms. The lowest BCUT2D eigenvalue weighted by Crippen LogP contribution is -2.25. The summed E-state index contributed by atoms with van der Waals surface area (Å²) < 4.78 is 6.59. The van der Waals surface area contributed by atoms with Crippen molar-refractivity contribution in [3.05, 3.63) is 125 Å². The Kier molecular flexibility index (Phi) is 3.10. The summed E-state index contributed by atoms with van der Waals surface area (Å²) in [5.41, 5.74) is 13.5. The van der Waals surface area contributed by atoms with Gasteiger partial charge in [-0.2, -0.15) is 0 Å². The van der Waals surface area contributed by atoms with Crippen LogP contribution in [0.15, 0.2) is 108 Å². The van der Waals surface area contributed by atoms with E-state index in [1.807, 2.05) is 0 Å². The Bertz CT molecular complexity index is 1740. The lowest BCUT2D eigenvalue weighted by atomic mass is 9.70. The average molecular weight is 418 g/mol. The zero-order chi connectivity index (χ0) is 21.7. The minimum Gasteiger partial charge on any atom is -0.455 e. The molecule has 0 unspecified atom stereocenters. The van der Waals surface area contributed by atoms with Gasteiger partial charge in [0.05, 0.1) is 5.41 Å². The van der Waals surface area contributed by atoms with E-state index < -0.39 is 0 Å². The van der Waals surface area contributed by atoms with Gasteiger partial charge in [-0.05, 0) is 45.0 Å². The van der Waals surface area contributed by atoms with E-state index >= 15 is 0 Å². The van der Waals surface area contributed by atoms with Crippen molar-refractivity contribution >= 4 is 35.2 Å². The number of rotatable bonds is 0. The summed E-state index contributed by atoms with van der Waals surface area (Å²) in [7, 11) is 2.14. The van der Waals surface area contributed by atoms with Gasteiger partial charge in [0, 0.05) is 16.3 Å². The van der Waals surface area contributed by atoms with Crippen LogP contribution in [0.4, 0.5) is 0 Å². The Hall–Kier alpha value is -4.04. The molecule has 1 nitrogen and oxygen atoms in total. The van der Waals surface area contributed by atoms with E-state index in [2.05, 4.69) is 111 Å². The van der Waals surface area contributed by atoms with E-state index in [0.29, 0.717) is 0 Å². The van der Waals surface area contributed by atoms with Gasteiger partial charge in [-0.3, -0.25) is 0 Å². The first-order valence-corrected chi connectivity index (χ1v) is 11.5. The first kappa shape index (κ1) is 17.5. The quantitative estimate of drug-likeness (QED) is 0.268. The molecule has 0 radical (unpaired) electrons. The molecule has 2 aliphatic rings. The van der Waals surface area contributed by atoms with Crippen molar-refractivity contribution in [2.75, 3.05) is 0 Å². The summed E-state index contributed by atoms with van der Waals surface area (Å²) in [6, 6.07) is 37.8. The highest BCUT2D eigenvalue weighted by Crippen LogP contribution is 2.63. The number of benzene rings is 5. The van der Waals surface area contributed by atoms with Crippen LogP contribution in [0.1, 0.15) is 22.3 Å². The fourth-order valence-corrected chi connectivity index (χ4v) is 6.52. The smallest absolute Gasteiger partial charge is 0.143 e. The maximum absolute atomic E-state index is 6.59. The molecule has 0 amide bonds. The highest BCUT2D eigenvalue weighted by atomic mass is 16.3. The van der Waals surface area contributed by atoms with Crippen molar-refractivity contribution < 1.29 is 4.42 Å². The van der Waals surface area contributed by atoms with E-state index in [0.717, 1.165) is 11.2 Å². The Morgan fingerprint density at radius 3 is 1.85 bits per heavy atom. The lowest BCUT2D eigenvalue weighted by Gasteiger charge is -2.30. The van der Waals surface area contributed by atoms with Crippen molar-refractivity contribution in [1.82, 2.24) is 0 Å². The molecule has 5 aromatic carbocycles. The first-order chi connectivity index (χ1) is 16.3. The Morgan fingerprint density at radius 1 is 0.545 bits per heavy atom. The molecule has 0 atom stereocenters. The van der Waals surface area contributed by atoms with Gasteiger partial charge in [0.2, 0.25) is 0 Å². The summed E-state index contributed by atoms with van der Waals surface area (Å²) in [4.78, 5) is 0. The number of hydrogen-bond acceptors (Lipinski definition) is 1. The van der Waals surface area contributed by atoms with Crippen molar-refractivity contribution in [2.24, 2.45) is 0 Å². The van der Waals surface area contributed by atoms with Gasteiger partial charge in [-0.25, -0.2) is 0 Å². The lowest BCUT2D eigenvalue weighted by molar-refractivity contribution is 0.669. The summed E-state index contributed by atoms with van der Waals surface area (Å²) in [6.07, 6.45) is 0. The molecule has 0 fully saturated rings. The molecule has 6 aromatic rings. The minimum atomic E-state index is -0.317. The van der Waals surface area contributed by atoms with E-state index in [1.54, 1.807) is 0 Å². The molecule has 0 N–H and O–H groups in total. The first-order valence-electron chi connectivity index (χ1n) is 11.5. The normalized spacial score (nSPS) is 14.4. The second-order valence-electron chi connectivity index (χ2n) is 9.35. The molecular weight excluding hydrogens is 399 g/mol. The van der Waals surface area contributed by atoms with Crippen LogP contribution in [0.25, 0.3) is 44.2 Å². The third-order valence-corrected chi connectivity index (χ3v) is 7.75. The third kappa shape index (κ3) is 1.92. The highest BCUT2D eigenvalue weighted by molar-refractivity contribution is 6.33. The van der Waals surface area contributed by atoms with Crippen LogP contribution in [-0.2, 0) is 5.41 Å². The predicted octanol–water partition coefficient (Wildman–Crippen LogP) is 6.19. The molecule has 0 saturated carbocycles. The average Bonchev–Trinajstić information content (AvgIpc) is 3.47. The Morgan fingerprint density at radius 2 is 1.15 bits per heavy atom. The van der Waals surface area contributed by atoms with Gasteiger partial charge in [-0.15, -0.1) is 0 Å². The van der Waals surface area contributed by atoms with E-state index in [9.17, 15) is 0 Å². The molecular formula is C31H19BO. The van der Waals surface area contributed by atoms with Gasteiger partial charge in [0.15, 0.2) is 0 Å². The van der Waals surface area contributed by atoms with Crippen molar-refractivity contribution in [3.63, 3.8) is 0 Å². The largest absolute Gasteiger partial charge is 0.455 e. The summed E-state index contributed by atoms with van der Waals surface area (Å²) >= 11 is 0. The van der Waals surface area contributed by atoms with Crippen LogP contribution >= 0.6 is 0 Å². The zero-order valence-corrected chi connectivity index (χ0v) is 18.2. The van der Waals surface area contributed by atoms with Crippen molar-refractivity contribution in [2.45, 2.75) is 5.41 Å². The second kappa shape index (κ2) is 5.85. The molecule has 0 saturated heterocycles. The fraction of sp³-hybridized carbons (Fsp3) is 0.0323. The van der Waals surface area contributed by atoms with Crippen molar-refractivity contribution in [1.29, 1.82) is 0 Å². The maximum Gasteiger partial charge on any atom is 0.143 e. The molecule has 1 spiro atoms. The molecule has 2 aliphatic carbocycles. The van der Waals surface area contributed by atoms with E-state index in [4.69, 9.17) is 4.42 Å². The number of furan rings is 1. The number of fused-ring (bicyclic) bond motifs is 14. The van der Waals surface area contributed by atoms with Crippen LogP contribution in [0, 0.1) is 0 Å². The summed E-state index contributed by atoms with van der Waals surface area (Å²) in [5, 5.41) is 2.39. The summed E-state index contributed by atoms with van der Waals surface area (Å²) in [6.45, 7) is 0. The van der Waals surface area contributed by atoms with Gasteiger partial charge in [0.25, 0.3) is 0 Å². The molecule has 152 valence electrons. The Labute approximate surface area is 192 Å². The van der Waals surface area contributed by atoms with Gasteiger partial charge in [0.1, 0.15) is 19.0 Å². The van der Waals surface area contributed by atoms with Crippen LogP contribution in [0.3, 0.4) is 0 Å². The molecule has 33 heavy (non-hydrogen) atoms. The van der Waals surface area contributed by atoms with E-state index in [1.165, 1.54) is 60.7 Å². The van der Waals surface area contributed by atoms with Crippen LogP contribution in [-0.4, -0.2) is 7.85 Å².